The van der Waals surface area contributed by atoms with E-state index < -0.39 is 14.3 Å². The van der Waals surface area contributed by atoms with Gasteiger partial charge in [-0.25, -0.2) is 8.42 Å². The molecular formula is C8H6Cl2O4S. The van der Waals surface area contributed by atoms with Gasteiger partial charge in [0.15, 0.2) is 0 Å². The average molecular weight is 269 g/mol. The second-order valence-corrected chi connectivity index (χ2v) is 5.52. The Morgan fingerprint density at radius 1 is 1.33 bits per heavy atom. The smallest absolute Gasteiger partial charge is 0.261 e. The Kier molecular flexibility index (Phi) is 3.59. The summed E-state index contributed by atoms with van der Waals surface area (Å²) in [5, 5.41) is -0.782. The van der Waals surface area contributed by atoms with Gasteiger partial charge in [0.25, 0.3) is 14.3 Å². The van der Waals surface area contributed by atoms with E-state index in [1.54, 1.807) is 0 Å². The van der Waals surface area contributed by atoms with Gasteiger partial charge < -0.3 is 4.74 Å². The van der Waals surface area contributed by atoms with Gasteiger partial charge in [0.1, 0.15) is 5.75 Å². The highest BCUT2D eigenvalue weighted by Gasteiger charge is 2.15. The summed E-state index contributed by atoms with van der Waals surface area (Å²) in [7, 11) is 2.55. The topological polar surface area (TPSA) is 60.4 Å². The number of methoxy groups -OCH3 is 1. The summed E-state index contributed by atoms with van der Waals surface area (Å²) in [5.74, 6) is 0.195. The van der Waals surface area contributed by atoms with Crippen molar-refractivity contribution in [3.05, 3.63) is 23.8 Å². The van der Waals surface area contributed by atoms with Gasteiger partial charge >= 0.3 is 0 Å². The average Bonchev–Trinajstić information content (AvgIpc) is 2.15. The molecular weight excluding hydrogens is 263 g/mol. The summed E-state index contributed by atoms with van der Waals surface area (Å²) >= 11 is 5.22. The first-order valence-corrected chi connectivity index (χ1v) is 6.37. The van der Waals surface area contributed by atoms with Crippen molar-refractivity contribution < 1.29 is 17.9 Å². The molecule has 0 spiro atoms. The zero-order valence-corrected chi connectivity index (χ0v) is 9.86. The second-order valence-electron chi connectivity index (χ2n) is 2.61. The van der Waals surface area contributed by atoms with Crippen molar-refractivity contribution in [1.29, 1.82) is 0 Å². The van der Waals surface area contributed by atoms with Crippen molar-refractivity contribution in [1.82, 2.24) is 0 Å². The third-order valence-electron chi connectivity index (χ3n) is 1.62. The zero-order valence-electron chi connectivity index (χ0n) is 7.53. The summed E-state index contributed by atoms with van der Waals surface area (Å²) in [6, 6.07) is 3.60. The van der Waals surface area contributed by atoms with Crippen LogP contribution in [0.25, 0.3) is 0 Å². The molecule has 0 amide bonds. The van der Waals surface area contributed by atoms with E-state index in [9.17, 15) is 13.2 Å². The first kappa shape index (κ1) is 12.3. The molecule has 1 rings (SSSR count). The number of halogens is 2. The zero-order chi connectivity index (χ0) is 11.6. The Morgan fingerprint density at radius 3 is 2.33 bits per heavy atom. The van der Waals surface area contributed by atoms with Crippen LogP contribution < -0.4 is 4.74 Å². The minimum atomic E-state index is -3.91. The SMILES string of the molecule is COc1cc(C(=O)Cl)cc(S(=O)(=O)Cl)c1. The van der Waals surface area contributed by atoms with Crippen LogP contribution in [0.3, 0.4) is 0 Å². The van der Waals surface area contributed by atoms with Gasteiger partial charge in [-0.3, -0.25) is 4.79 Å². The number of rotatable bonds is 3. The van der Waals surface area contributed by atoms with Gasteiger partial charge in [0.05, 0.1) is 12.0 Å². The normalized spacial score (nSPS) is 11.1. The molecule has 82 valence electrons. The molecule has 7 heteroatoms. The minimum Gasteiger partial charge on any atom is -0.497 e. The van der Waals surface area contributed by atoms with E-state index in [0.29, 0.717) is 0 Å². The Balaban J connectivity index is 3.43. The van der Waals surface area contributed by atoms with Crippen LogP contribution in [0.15, 0.2) is 23.1 Å². The molecule has 1 aromatic carbocycles. The molecule has 0 fully saturated rings. The van der Waals surface area contributed by atoms with Crippen LogP contribution in [-0.4, -0.2) is 20.8 Å². The van der Waals surface area contributed by atoms with Crippen LogP contribution in [0.2, 0.25) is 0 Å². The molecule has 0 unspecified atom stereocenters. The first-order valence-electron chi connectivity index (χ1n) is 3.68. The summed E-state index contributed by atoms with van der Waals surface area (Å²) in [6.07, 6.45) is 0. The number of benzene rings is 1. The van der Waals surface area contributed by atoms with Crippen LogP contribution in [0.5, 0.6) is 5.75 Å². The maximum Gasteiger partial charge on any atom is 0.261 e. The molecule has 0 aromatic heterocycles. The first-order chi connectivity index (χ1) is 6.84. The molecule has 0 aliphatic heterocycles. The van der Waals surface area contributed by atoms with E-state index in [1.165, 1.54) is 19.2 Å². The fourth-order valence-corrected chi connectivity index (χ4v) is 1.84. The van der Waals surface area contributed by atoms with E-state index >= 15 is 0 Å². The highest BCUT2D eigenvalue weighted by molar-refractivity contribution is 8.13. The van der Waals surface area contributed by atoms with Gasteiger partial charge in [-0.05, 0) is 23.7 Å². The maximum atomic E-state index is 11.0. The Hall–Kier alpha value is -0.780. The molecule has 4 nitrogen and oxygen atoms in total. The summed E-state index contributed by atoms with van der Waals surface area (Å²) < 4.78 is 26.9. The molecule has 0 aliphatic carbocycles. The van der Waals surface area contributed by atoms with Crippen molar-refractivity contribution in [2.75, 3.05) is 7.11 Å². The lowest BCUT2D eigenvalue weighted by Crippen LogP contribution is -1.97. The van der Waals surface area contributed by atoms with Gasteiger partial charge in [-0.15, -0.1) is 0 Å². The van der Waals surface area contributed by atoms with Crippen LogP contribution in [-0.2, 0) is 9.05 Å². The predicted molar refractivity (Wildman–Crippen MR) is 56.2 cm³/mol. The van der Waals surface area contributed by atoms with Crippen LogP contribution in [0.4, 0.5) is 0 Å². The molecule has 0 saturated heterocycles. The van der Waals surface area contributed by atoms with Gasteiger partial charge in [-0.1, -0.05) is 0 Å². The quantitative estimate of drug-likeness (QED) is 0.787. The Morgan fingerprint density at radius 2 is 1.93 bits per heavy atom. The largest absolute Gasteiger partial charge is 0.497 e. The number of hydrogen-bond acceptors (Lipinski definition) is 4. The number of carbonyl (C=O) groups excluding carboxylic acids is 1. The van der Waals surface area contributed by atoms with Crippen LogP contribution >= 0.6 is 22.3 Å². The van der Waals surface area contributed by atoms with Gasteiger partial charge in [0.2, 0.25) is 0 Å². The maximum absolute atomic E-state index is 11.0. The monoisotopic (exact) mass is 268 g/mol. The Bertz CT molecular complexity index is 495. The number of ether oxygens (including phenoxy) is 1. The van der Waals surface area contributed by atoms with Crippen molar-refractivity contribution in [2.24, 2.45) is 0 Å². The van der Waals surface area contributed by atoms with Crippen molar-refractivity contribution >= 4 is 36.6 Å². The minimum absolute atomic E-state index is 0.00948. The van der Waals surface area contributed by atoms with Crippen LogP contribution in [0.1, 0.15) is 10.4 Å². The van der Waals surface area contributed by atoms with Crippen molar-refractivity contribution in [2.45, 2.75) is 4.90 Å². The number of carbonyl (C=O) groups is 1. The van der Waals surface area contributed by atoms with Crippen molar-refractivity contribution in [3.8, 4) is 5.75 Å². The van der Waals surface area contributed by atoms with Gasteiger partial charge in [0, 0.05) is 22.3 Å². The molecule has 0 heterocycles. The Labute approximate surface area is 96.2 Å². The lowest BCUT2D eigenvalue weighted by molar-refractivity contribution is 0.108. The second kappa shape index (κ2) is 4.38. The third-order valence-corrected chi connectivity index (χ3v) is 3.18. The summed E-state index contributed by atoms with van der Waals surface area (Å²) in [4.78, 5) is 10.6. The predicted octanol–water partition coefficient (Wildman–Crippen LogP) is 2.00. The molecule has 0 bridgehead atoms. The van der Waals surface area contributed by atoms with E-state index in [0.717, 1.165) is 6.07 Å². The fourth-order valence-electron chi connectivity index (χ4n) is 0.944. The highest BCUT2D eigenvalue weighted by atomic mass is 35.7. The van der Waals surface area contributed by atoms with Crippen LogP contribution in [0, 0.1) is 0 Å². The molecule has 0 radical (unpaired) electrons. The van der Waals surface area contributed by atoms with E-state index in [4.69, 9.17) is 27.0 Å². The molecule has 0 aliphatic rings. The standard InChI is InChI=1S/C8H6Cl2O4S/c1-14-6-2-5(8(9)11)3-7(4-6)15(10,12)13/h2-4H,1H3. The van der Waals surface area contributed by atoms with Gasteiger partial charge in [-0.2, -0.15) is 0 Å². The highest BCUT2D eigenvalue weighted by Crippen LogP contribution is 2.24. The van der Waals surface area contributed by atoms with Crippen molar-refractivity contribution in [3.63, 3.8) is 0 Å². The van der Waals surface area contributed by atoms with E-state index in [2.05, 4.69) is 0 Å². The van der Waals surface area contributed by atoms with E-state index in [1.807, 2.05) is 0 Å². The molecule has 0 atom stereocenters. The molecule has 15 heavy (non-hydrogen) atoms. The lowest BCUT2D eigenvalue weighted by Gasteiger charge is -2.04. The summed E-state index contributed by atoms with van der Waals surface area (Å²) in [6.45, 7) is 0. The molecule has 0 saturated carbocycles. The summed E-state index contributed by atoms with van der Waals surface area (Å²) in [5.41, 5.74) is 0.00948. The fraction of sp³-hybridized carbons (Fsp3) is 0.125. The van der Waals surface area contributed by atoms with E-state index in [-0.39, 0.29) is 16.2 Å². The molecule has 0 N–H and O–H groups in total. The number of hydrogen-bond donors (Lipinski definition) is 0. The third kappa shape index (κ3) is 3.09. The molecule has 1 aromatic rings. The lowest BCUT2D eigenvalue weighted by atomic mass is 10.2.